The molecule has 1 aromatic heterocycles. The van der Waals surface area contributed by atoms with Crippen LogP contribution in [-0.2, 0) is 16.0 Å². The van der Waals surface area contributed by atoms with Crippen molar-refractivity contribution in [2.24, 2.45) is 17.3 Å². The second-order valence-corrected chi connectivity index (χ2v) is 9.59. The van der Waals surface area contributed by atoms with Crippen LogP contribution in [0.15, 0.2) is 6.20 Å². The molecule has 4 fully saturated rings. The Morgan fingerprint density at radius 3 is 2.62 bits per heavy atom. The number of ether oxygens (including phenoxy) is 2. The van der Waals surface area contributed by atoms with Gasteiger partial charge in [-0.1, -0.05) is 0 Å². The minimum Gasteiger partial charge on any atom is -0.379 e. The van der Waals surface area contributed by atoms with E-state index in [-0.39, 0.29) is 5.60 Å². The number of nitrogens with zero attached hydrogens (tertiary/aromatic N) is 2. The topological polar surface area (TPSA) is 36.3 Å². The molecule has 0 N–H and O–H groups in total. The van der Waals surface area contributed by atoms with Crippen LogP contribution >= 0.6 is 22.6 Å². The molecule has 2 unspecified atom stereocenters. The maximum Gasteiger partial charge on any atom is 0.0708 e. The van der Waals surface area contributed by atoms with Crippen molar-refractivity contribution in [3.05, 3.63) is 15.5 Å². The zero-order valence-electron chi connectivity index (χ0n) is 14.9. The Balaban J connectivity index is 1.51. The largest absolute Gasteiger partial charge is 0.379 e. The second kappa shape index (κ2) is 6.54. The molecule has 0 aromatic carbocycles. The molecule has 1 heterocycles. The van der Waals surface area contributed by atoms with Crippen LogP contribution in [0.4, 0.5) is 0 Å². The zero-order chi connectivity index (χ0) is 16.8. The van der Waals surface area contributed by atoms with Crippen molar-refractivity contribution in [2.45, 2.75) is 64.5 Å². The summed E-state index contributed by atoms with van der Waals surface area (Å²) in [7, 11) is 0. The van der Waals surface area contributed by atoms with Crippen LogP contribution in [0.1, 0.15) is 51.1 Å². The minimum absolute atomic E-state index is 0.120. The van der Waals surface area contributed by atoms with Gasteiger partial charge in [0.25, 0.3) is 0 Å². The molecule has 0 radical (unpaired) electrons. The molecule has 2 atom stereocenters. The summed E-state index contributed by atoms with van der Waals surface area (Å²) in [4.78, 5) is 0. The highest BCUT2D eigenvalue weighted by molar-refractivity contribution is 14.1. The van der Waals surface area contributed by atoms with Crippen molar-refractivity contribution in [3.63, 3.8) is 0 Å². The molecule has 5 heteroatoms. The normalized spacial score (nSPS) is 37.3. The van der Waals surface area contributed by atoms with Crippen molar-refractivity contribution in [1.29, 1.82) is 0 Å². The van der Waals surface area contributed by atoms with Gasteiger partial charge in [-0.3, -0.25) is 4.68 Å². The maximum absolute atomic E-state index is 6.49. The molecule has 24 heavy (non-hydrogen) atoms. The van der Waals surface area contributed by atoms with Crippen molar-refractivity contribution in [3.8, 4) is 0 Å². The molecular weight excluding hydrogens is 415 g/mol. The van der Waals surface area contributed by atoms with Gasteiger partial charge < -0.3 is 9.47 Å². The summed E-state index contributed by atoms with van der Waals surface area (Å²) < 4.78 is 15.5. The smallest absolute Gasteiger partial charge is 0.0708 e. The SMILES string of the molecule is CCOCCOC12CC3CC(CC(Cn4ncc(I)c4C)(C3)C1)C2. The van der Waals surface area contributed by atoms with Crippen LogP contribution in [-0.4, -0.2) is 35.2 Å². The first kappa shape index (κ1) is 17.3. The summed E-state index contributed by atoms with van der Waals surface area (Å²) >= 11 is 2.39. The Labute approximate surface area is 158 Å². The first-order valence-electron chi connectivity index (χ1n) is 9.43. The first-order chi connectivity index (χ1) is 11.5. The fourth-order valence-electron chi connectivity index (χ4n) is 6.08. The van der Waals surface area contributed by atoms with E-state index in [9.17, 15) is 0 Å². The molecule has 134 valence electrons. The number of hydrogen-bond acceptors (Lipinski definition) is 3. The molecular formula is C19H29IN2O2. The van der Waals surface area contributed by atoms with Crippen molar-refractivity contribution < 1.29 is 9.47 Å². The quantitative estimate of drug-likeness (QED) is 0.468. The van der Waals surface area contributed by atoms with Crippen LogP contribution in [0.2, 0.25) is 0 Å². The predicted molar refractivity (Wildman–Crippen MR) is 102 cm³/mol. The van der Waals surface area contributed by atoms with Gasteiger partial charge in [0.2, 0.25) is 0 Å². The molecule has 4 saturated carbocycles. The van der Waals surface area contributed by atoms with Gasteiger partial charge in [0.05, 0.1) is 28.6 Å². The van der Waals surface area contributed by atoms with E-state index in [1.165, 1.54) is 47.8 Å². The highest BCUT2D eigenvalue weighted by Gasteiger charge is 2.58. The fourth-order valence-corrected chi connectivity index (χ4v) is 6.48. The lowest BCUT2D eigenvalue weighted by Crippen LogP contribution is -2.58. The van der Waals surface area contributed by atoms with Gasteiger partial charge in [0.15, 0.2) is 0 Å². The van der Waals surface area contributed by atoms with E-state index in [1.54, 1.807) is 0 Å². The summed E-state index contributed by atoms with van der Waals surface area (Å²) in [6.45, 7) is 7.59. The summed E-state index contributed by atoms with van der Waals surface area (Å²) in [6.07, 6.45) is 9.93. The predicted octanol–water partition coefficient (Wildman–Crippen LogP) is 4.19. The molecule has 5 rings (SSSR count). The highest BCUT2D eigenvalue weighted by Crippen LogP contribution is 2.63. The maximum atomic E-state index is 6.49. The molecule has 0 amide bonds. The lowest BCUT2D eigenvalue weighted by Gasteiger charge is -2.61. The molecule has 1 aromatic rings. The summed E-state index contributed by atoms with van der Waals surface area (Å²) in [5.74, 6) is 1.71. The van der Waals surface area contributed by atoms with Gasteiger partial charge >= 0.3 is 0 Å². The molecule has 4 nitrogen and oxygen atoms in total. The lowest BCUT2D eigenvalue weighted by molar-refractivity contribution is -0.201. The standard InChI is InChI=1S/C19H29IN2O2/c1-3-23-4-5-24-19-9-15-6-16(10-19)8-18(7-15,12-19)13-22-14(2)17(20)11-21-22/h11,15-16H,3-10,12-13H2,1-2H3. The molecule has 4 aliphatic rings. The van der Waals surface area contributed by atoms with Crippen LogP contribution in [0.25, 0.3) is 0 Å². The van der Waals surface area contributed by atoms with Crippen molar-refractivity contribution in [1.82, 2.24) is 9.78 Å². The van der Waals surface area contributed by atoms with E-state index >= 15 is 0 Å². The third-order valence-electron chi connectivity index (χ3n) is 6.50. The van der Waals surface area contributed by atoms with Crippen LogP contribution in [0.3, 0.4) is 0 Å². The number of hydrogen-bond donors (Lipinski definition) is 0. The van der Waals surface area contributed by atoms with Gasteiger partial charge in [-0.15, -0.1) is 0 Å². The van der Waals surface area contributed by atoms with Crippen LogP contribution in [0.5, 0.6) is 0 Å². The average molecular weight is 444 g/mol. The fraction of sp³-hybridized carbons (Fsp3) is 0.842. The Morgan fingerprint density at radius 2 is 2.00 bits per heavy atom. The van der Waals surface area contributed by atoms with Gasteiger partial charge in [-0.25, -0.2) is 0 Å². The van der Waals surface area contributed by atoms with Gasteiger partial charge in [0, 0.05) is 18.8 Å². The first-order valence-corrected chi connectivity index (χ1v) is 10.5. The Morgan fingerprint density at radius 1 is 1.25 bits per heavy atom. The average Bonchev–Trinajstić information content (AvgIpc) is 2.82. The van der Waals surface area contributed by atoms with E-state index < -0.39 is 0 Å². The molecule has 4 aliphatic carbocycles. The Hall–Kier alpha value is -0.140. The van der Waals surface area contributed by atoms with Gasteiger partial charge in [-0.2, -0.15) is 5.10 Å². The second-order valence-electron chi connectivity index (χ2n) is 8.42. The van der Waals surface area contributed by atoms with E-state index in [1.807, 2.05) is 13.1 Å². The van der Waals surface area contributed by atoms with E-state index in [4.69, 9.17) is 9.47 Å². The number of halogens is 1. The lowest BCUT2D eigenvalue weighted by atomic mass is 9.48. The zero-order valence-corrected chi connectivity index (χ0v) is 17.0. The van der Waals surface area contributed by atoms with Crippen LogP contribution < -0.4 is 0 Å². The molecule has 0 spiro atoms. The Kier molecular flexibility index (Phi) is 4.71. The summed E-state index contributed by atoms with van der Waals surface area (Å²) in [6, 6.07) is 0. The van der Waals surface area contributed by atoms with E-state index in [0.29, 0.717) is 5.41 Å². The Bertz CT molecular complexity index is 586. The summed E-state index contributed by atoms with van der Waals surface area (Å²) in [5.41, 5.74) is 1.84. The molecule has 4 bridgehead atoms. The van der Waals surface area contributed by atoms with Crippen LogP contribution in [0, 0.1) is 27.7 Å². The van der Waals surface area contributed by atoms with Crippen molar-refractivity contribution >= 4 is 22.6 Å². The van der Waals surface area contributed by atoms with Gasteiger partial charge in [-0.05, 0) is 92.2 Å². The van der Waals surface area contributed by atoms with E-state index in [0.717, 1.165) is 38.2 Å². The van der Waals surface area contributed by atoms with Gasteiger partial charge in [0.1, 0.15) is 0 Å². The minimum atomic E-state index is 0.120. The van der Waals surface area contributed by atoms with Crippen molar-refractivity contribution in [2.75, 3.05) is 19.8 Å². The van der Waals surface area contributed by atoms with E-state index in [2.05, 4.69) is 39.3 Å². The summed E-state index contributed by atoms with van der Waals surface area (Å²) in [5, 5.41) is 4.65. The molecule has 0 saturated heterocycles. The number of aromatic nitrogens is 2. The highest BCUT2D eigenvalue weighted by atomic mass is 127. The number of rotatable bonds is 7. The molecule has 0 aliphatic heterocycles. The third kappa shape index (κ3) is 3.16. The monoisotopic (exact) mass is 444 g/mol. The third-order valence-corrected chi connectivity index (χ3v) is 7.56.